The number of nitrogens with one attached hydrogen (secondary N) is 2. The van der Waals surface area contributed by atoms with Gasteiger partial charge in [0.2, 0.25) is 5.91 Å². The van der Waals surface area contributed by atoms with E-state index in [4.69, 9.17) is 4.74 Å². The van der Waals surface area contributed by atoms with Gasteiger partial charge < -0.3 is 15.4 Å². The van der Waals surface area contributed by atoms with Crippen molar-refractivity contribution in [3.05, 3.63) is 71.8 Å². The second-order valence-corrected chi connectivity index (χ2v) is 7.03. The quantitative estimate of drug-likeness (QED) is 0.734. The molecule has 0 spiro atoms. The summed E-state index contributed by atoms with van der Waals surface area (Å²) in [7, 11) is 0. The predicted molar refractivity (Wildman–Crippen MR) is 106 cm³/mol. The molecule has 0 radical (unpaired) electrons. The van der Waals surface area contributed by atoms with E-state index in [0.717, 1.165) is 17.5 Å². The lowest BCUT2D eigenvalue weighted by molar-refractivity contribution is -0.123. The maximum absolute atomic E-state index is 12.5. The number of hydrogen-bond donors (Lipinski definition) is 2. The molecule has 0 saturated heterocycles. The molecule has 0 fully saturated rings. The molecule has 2 amide bonds. The van der Waals surface area contributed by atoms with E-state index < -0.39 is 12.1 Å². The van der Waals surface area contributed by atoms with Crippen LogP contribution in [0.4, 0.5) is 4.79 Å². The third-order valence-electron chi connectivity index (χ3n) is 4.17. The molecule has 5 nitrogen and oxygen atoms in total. The van der Waals surface area contributed by atoms with Crippen LogP contribution in [0.15, 0.2) is 60.7 Å². The zero-order valence-electron chi connectivity index (χ0n) is 16.1. The molecule has 0 bridgehead atoms. The Morgan fingerprint density at radius 3 is 2.07 bits per heavy atom. The molecule has 0 heterocycles. The monoisotopic (exact) mass is 368 g/mol. The predicted octanol–water partition coefficient (Wildman–Crippen LogP) is 4.20. The van der Waals surface area contributed by atoms with Gasteiger partial charge in [0, 0.05) is 0 Å². The van der Waals surface area contributed by atoms with Gasteiger partial charge in [-0.3, -0.25) is 4.79 Å². The zero-order chi connectivity index (χ0) is 19.6. The first-order valence-corrected chi connectivity index (χ1v) is 9.28. The van der Waals surface area contributed by atoms with Crippen LogP contribution in [0, 0.1) is 5.92 Å². The largest absolute Gasteiger partial charge is 0.445 e. The first-order chi connectivity index (χ1) is 13.0. The second-order valence-electron chi connectivity index (χ2n) is 7.03. The molecular formula is C22H28N2O3. The number of rotatable bonds is 8. The molecule has 5 heteroatoms. The van der Waals surface area contributed by atoms with E-state index in [0.29, 0.717) is 5.92 Å². The zero-order valence-corrected chi connectivity index (χ0v) is 16.1. The minimum Gasteiger partial charge on any atom is -0.445 e. The summed E-state index contributed by atoms with van der Waals surface area (Å²) < 4.78 is 5.17. The van der Waals surface area contributed by atoms with Crippen molar-refractivity contribution in [1.29, 1.82) is 0 Å². The summed E-state index contributed by atoms with van der Waals surface area (Å²) in [5.41, 5.74) is 1.95. The second kappa shape index (κ2) is 10.4. The molecule has 0 aliphatic carbocycles. The molecule has 1 unspecified atom stereocenters. The molecule has 2 aromatic rings. The summed E-state index contributed by atoms with van der Waals surface area (Å²) in [6, 6.07) is 18.5. The fourth-order valence-corrected chi connectivity index (χ4v) is 2.74. The highest BCUT2D eigenvalue weighted by Gasteiger charge is 2.21. The third-order valence-corrected chi connectivity index (χ3v) is 4.17. The first-order valence-electron chi connectivity index (χ1n) is 9.28. The number of alkyl carbamates (subject to hydrolysis) is 1. The number of carbonyl (C=O) groups excluding carboxylic acids is 2. The molecular weight excluding hydrogens is 340 g/mol. The molecule has 144 valence electrons. The number of benzene rings is 2. The summed E-state index contributed by atoms with van der Waals surface area (Å²) in [5.74, 6) is 0.191. The Kier molecular flexibility index (Phi) is 7.86. The molecule has 2 atom stereocenters. The Bertz CT molecular complexity index is 717. The lowest BCUT2D eigenvalue weighted by atomic mass is 9.97. The minimum atomic E-state index is -0.688. The van der Waals surface area contributed by atoms with E-state index in [1.165, 1.54) is 0 Å². The fourth-order valence-electron chi connectivity index (χ4n) is 2.74. The van der Waals surface area contributed by atoms with Crippen LogP contribution in [0.5, 0.6) is 0 Å². The Morgan fingerprint density at radius 2 is 1.48 bits per heavy atom. The van der Waals surface area contributed by atoms with Gasteiger partial charge in [-0.25, -0.2) is 4.79 Å². The van der Waals surface area contributed by atoms with Crippen LogP contribution in [0.2, 0.25) is 0 Å². The van der Waals surface area contributed by atoms with Gasteiger partial charge >= 0.3 is 6.09 Å². The summed E-state index contributed by atoms with van der Waals surface area (Å²) in [6.07, 6.45) is 0.211. The SMILES string of the molecule is CC(C)CC(NC(=O)[C@H](C)NC(=O)OCc1ccccc1)c1ccccc1. The van der Waals surface area contributed by atoms with Crippen molar-refractivity contribution in [2.75, 3.05) is 0 Å². The summed E-state index contributed by atoms with van der Waals surface area (Å²) in [5, 5.41) is 5.62. The van der Waals surface area contributed by atoms with Crippen molar-refractivity contribution in [2.45, 2.75) is 45.9 Å². The molecule has 0 aromatic heterocycles. The van der Waals surface area contributed by atoms with Gasteiger partial charge in [0.1, 0.15) is 12.6 Å². The highest BCUT2D eigenvalue weighted by Crippen LogP contribution is 2.21. The lowest BCUT2D eigenvalue weighted by Crippen LogP contribution is -2.46. The maximum Gasteiger partial charge on any atom is 0.408 e. The van der Waals surface area contributed by atoms with Crippen molar-refractivity contribution in [3.8, 4) is 0 Å². The van der Waals surface area contributed by atoms with E-state index in [1.54, 1.807) is 6.92 Å². The standard InChI is InChI=1S/C22H28N2O3/c1-16(2)14-20(19-12-8-5-9-13-19)24-21(25)17(3)23-22(26)27-15-18-10-6-4-7-11-18/h4-13,16-17,20H,14-15H2,1-3H3,(H,23,26)(H,24,25)/t17-,20?/m0/s1. The molecule has 2 N–H and O–H groups in total. The topological polar surface area (TPSA) is 67.4 Å². The van der Waals surface area contributed by atoms with Crippen molar-refractivity contribution >= 4 is 12.0 Å². The van der Waals surface area contributed by atoms with Crippen molar-refractivity contribution in [1.82, 2.24) is 10.6 Å². The average molecular weight is 368 g/mol. The van der Waals surface area contributed by atoms with Crippen LogP contribution in [-0.2, 0) is 16.1 Å². The molecule has 2 rings (SSSR count). The van der Waals surface area contributed by atoms with Crippen LogP contribution in [0.1, 0.15) is 44.4 Å². The van der Waals surface area contributed by atoms with Crippen LogP contribution < -0.4 is 10.6 Å². The highest BCUT2D eigenvalue weighted by atomic mass is 16.5. The molecule has 0 aliphatic heterocycles. The van der Waals surface area contributed by atoms with E-state index in [2.05, 4.69) is 24.5 Å². The van der Waals surface area contributed by atoms with Crippen LogP contribution in [0.25, 0.3) is 0 Å². The molecule has 0 aliphatic rings. The Labute approximate surface area is 161 Å². The normalized spacial score (nSPS) is 12.9. The minimum absolute atomic E-state index is 0.0942. The number of hydrogen-bond acceptors (Lipinski definition) is 3. The van der Waals surface area contributed by atoms with Gasteiger partial charge in [-0.2, -0.15) is 0 Å². The molecule has 2 aromatic carbocycles. The van der Waals surface area contributed by atoms with Gasteiger partial charge in [-0.05, 0) is 30.4 Å². The van der Waals surface area contributed by atoms with Gasteiger partial charge in [0.25, 0.3) is 0 Å². The van der Waals surface area contributed by atoms with Gasteiger partial charge in [0.15, 0.2) is 0 Å². The smallest absolute Gasteiger partial charge is 0.408 e. The maximum atomic E-state index is 12.5. The van der Waals surface area contributed by atoms with Crippen LogP contribution in [0.3, 0.4) is 0 Å². The third kappa shape index (κ3) is 7.13. The van der Waals surface area contributed by atoms with Gasteiger partial charge in [-0.15, -0.1) is 0 Å². The highest BCUT2D eigenvalue weighted by molar-refractivity contribution is 5.85. The van der Waals surface area contributed by atoms with E-state index in [-0.39, 0.29) is 18.6 Å². The van der Waals surface area contributed by atoms with Crippen molar-refractivity contribution < 1.29 is 14.3 Å². The average Bonchev–Trinajstić information content (AvgIpc) is 2.67. The van der Waals surface area contributed by atoms with E-state index >= 15 is 0 Å². The number of amides is 2. The summed E-state index contributed by atoms with van der Waals surface area (Å²) >= 11 is 0. The Balaban J connectivity index is 1.87. The van der Waals surface area contributed by atoms with Gasteiger partial charge in [0.05, 0.1) is 6.04 Å². The Hall–Kier alpha value is -2.82. The lowest BCUT2D eigenvalue weighted by Gasteiger charge is -2.23. The van der Waals surface area contributed by atoms with Crippen molar-refractivity contribution in [3.63, 3.8) is 0 Å². The summed E-state index contributed by atoms with van der Waals surface area (Å²) in [4.78, 5) is 24.5. The van der Waals surface area contributed by atoms with Gasteiger partial charge in [-0.1, -0.05) is 74.5 Å². The summed E-state index contributed by atoms with van der Waals surface area (Å²) in [6.45, 7) is 6.05. The van der Waals surface area contributed by atoms with Crippen molar-refractivity contribution in [2.24, 2.45) is 5.92 Å². The van der Waals surface area contributed by atoms with Crippen LogP contribution in [-0.4, -0.2) is 18.0 Å². The van der Waals surface area contributed by atoms with E-state index in [9.17, 15) is 9.59 Å². The number of carbonyl (C=O) groups is 2. The Morgan fingerprint density at radius 1 is 0.889 bits per heavy atom. The molecule has 0 saturated carbocycles. The van der Waals surface area contributed by atoms with Crippen LogP contribution >= 0.6 is 0 Å². The van der Waals surface area contributed by atoms with E-state index in [1.807, 2.05) is 60.7 Å². The number of ether oxygens (including phenoxy) is 1. The fraction of sp³-hybridized carbons (Fsp3) is 0.364. The first kappa shape index (κ1) is 20.5. The molecule has 27 heavy (non-hydrogen) atoms.